The Morgan fingerprint density at radius 2 is 1.69 bits per heavy atom. The van der Waals surface area contributed by atoms with Gasteiger partial charge in [0.25, 0.3) is 16.0 Å². The molecule has 0 spiro atoms. The number of hydrogen-bond donors (Lipinski definition) is 1. The van der Waals surface area contributed by atoms with Crippen molar-refractivity contribution in [3.63, 3.8) is 0 Å². The van der Waals surface area contributed by atoms with Gasteiger partial charge in [0.05, 0.1) is 31.0 Å². The average Bonchev–Trinajstić information content (AvgIpc) is 3.10. The molecule has 10 nitrogen and oxygen atoms in total. The molecule has 0 radical (unpaired) electrons. The van der Waals surface area contributed by atoms with Crippen molar-refractivity contribution in [1.82, 2.24) is 9.81 Å². The Bertz CT molecular complexity index is 1100. The van der Waals surface area contributed by atoms with Crippen molar-refractivity contribution in [3.05, 3.63) is 71.8 Å². The highest BCUT2D eigenvalue weighted by molar-refractivity contribution is 7.86. The highest BCUT2D eigenvalue weighted by atomic mass is 32.2. The molecule has 0 aromatic heterocycles. The molecule has 1 fully saturated rings. The molecule has 1 amide bonds. The number of benzene rings is 2. The van der Waals surface area contributed by atoms with Crippen LogP contribution in [0.25, 0.3) is 0 Å². The number of rotatable bonds is 8. The summed E-state index contributed by atoms with van der Waals surface area (Å²) in [6.07, 6.45) is -0.0561. The van der Waals surface area contributed by atoms with E-state index in [1.165, 1.54) is 4.90 Å². The summed E-state index contributed by atoms with van der Waals surface area (Å²) in [6, 6.07) is 15.3. The lowest BCUT2D eigenvalue weighted by Gasteiger charge is -2.27. The van der Waals surface area contributed by atoms with Gasteiger partial charge in [0.15, 0.2) is 6.04 Å². The van der Waals surface area contributed by atoms with E-state index in [9.17, 15) is 18.0 Å². The zero-order chi connectivity index (χ0) is 23.1. The minimum atomic E-state index is -3.90. The van der Waals surface area contributed by atoms with Crippen LogP contribution in [0.3, 0.4) is 0 Å². The molecule has 1 saturated heterocycles. The topological polar surface area (TPSA) is 140 Å². The maximum absolute atomic E-state index is 13.1. The number of carbonyl (C=O) groups is 2. The normalized spacial score (nSPS) is 20.4. The third-order valence-electron chi connectivity index (χ3n) is 4.97. The van der Waals surface area contributed by atoms with Crippen molar-refractivity contribution >= 4 is 22.0 Å². The first-order valence-corrected chi connectivity index (χ1v) is 11.6. The first kappa shape index (κ1) is 23.3. The third-order valence-corrected chi connectivity index (χ3v) is 5.54. The molecular formula is C21H23N4O6S+. The van der Waals surface area contributed by atoms with Crippen LogP contribution >= 0.6 is 0 Å². The molecule has 1 heterocycles. The molecule has 0 saturated carbocycles. The number of likely N-dealkylation sites (tertiary alicyclic amines) is 1. The van der Waals surface area contributed by atoms with Crippen LogP contribution < -0.4 is 4.91 Å². The summed E-state index contributed by atoms with van der Waals surface area (Å²) < 4.78 is 34.3. The van der Waals surface area contributed by atoms with E-state index in [1.807, 2.05) is 0 Å². The van der Waals surface area contributed by atoms with E-state index < -0.39 is 34.3 Å². The van der Waals surface area contributed by atoms with Crippen molar-refractivity contribution in [3.8, 4) is 0 Å². The molecule has 1 aliphatic heterocycles. The second-order valence-electron chi connectivity index (χ2n) is 7.23. The Morgan fingerprint density at radius 1 is 1.09 bits per heavy atom. The Kier molecular flexibility index (Phi) is 7.47. The van der Waals surface area contributed by atoms with Crippen molar-refractivity contribution in [2.45, 2.75) is 24.6 Å². The molecule has 3 unspecified atom stereocenters. The smallest absolute Gasteiger partial charge is 0.338 e. The minimum absolute atomic E-state index is 0.00753. The summed E-state index contributed by atoms with van der Waals surface area (Å²) in [5, 5.41) is 3.76. The number of nitrogens with one attached hydrogen (secondary N) is 1. The van der Waals surface area contributed by atoms with Crippen molar-refractivity contribution < 1.29 is 26.9 Å². The first-order chi connectivity index (χ1) is 15.3. The van der Waals surface area contributed by atoms with Gasteiger partial charge in [-0.05, 0) is 24.3 Å². The van der Waals surface area contributed by atoms with Crippen molar-refractivity contribution in [1.29, 1.82) is 5.53 Å². The molecule has 2 aromatic carbocycles. The van der Waals surface area contributed by atoms with Crippen LogP contribution in [0.5, 0.6) is 0 Å². The van der Waals surface area contributed by atoms with E-state index in [1.54, 1.807) is 60.7 Å². The van der Waals surface area contributed by atoms with E-state index in [0.29, 0.717) is 11.1 Å². The summed E-state index contributed by atoms with van der Waals surface area (Å²) in [6.45, 7) is -0.0705. The van der Waals surface area contributed by atoms with Gasteiger partial charge in [-0.15, -0.1) is 0 Å². The third kappa shape index (κ3) is 5.85. The van der Waals surface area contributed by atoms with Crippen LogP contribution in [0.4, 0.5) is 0 Å². The summed E-state index contributed by atoms with van der Waals surface area (Å²) >= 11 is 0. The summed E-state index contributed by atoms with van der Waals surface area (Å²) in [7, 11) is -3.90. The SMILES string of the molecule is CS(=O)(=O)OC1C(N=[N+]=N)CN(C(=O)c2ccccc2)C1CCOC(=O)c1ccccc1. The Balaban J connectivity index is 1.82. The number of ether oxygens (including phenoxy) is 1. The predicted octanol–water partition coefficient (Wildman–Crippen LogP) is 2.02. The van der Waals surface area contributed by atoms with Gasteiger partial charge in [0.1, 0.15) is 16.7 Å². The van der Waals surface area contributed by atoms with E-state index in [0.717, 1.165) is 6.26 Å². The molecule has 32 heavy (non-hydrogen) atoms. The molecule has 1 aliphatic rings. The maximum atomic E-state index is 13.1. The van der Waals surface area contributed by atoms with Crippen LogP contribution in [-0.4, -0.2) is 62.8 Å². The zero-order valence-electron chi connectivity index (χ0n) is 17.3. The van der Waals surface area contributed by atoms with Crippen LogP contribution in [0, 0.1) is 5.53 Å². The van der Waals surface area contributed by atoms with Crippen LogP contribution in [-0.2, 0) is 19.0 Å². The molecule has 2 aromatic rings. The molecule has 3 rings (SSSR count). The zero-order valence-corrected chi connectivity index (χ0v) is 18.1. The van der Waals surface area contributed by atoms with E-state index >= 15 is 0 Å². The van der Waals surface area contributed by atoms with Crippen LogP contribution in [0.15, 0.2) is 65.8 Å². The molecular weight excluding hydrogens is 436 g/mol. The van der Waals surface area contributed by atoms with Gasteiger partial charge in [-0.25, -0.2) is 4.79 Å². The number of amides is 1. The van der Waals surface area contributed by atoms with Crippen molar-refractivity contribution in [2.24, 2.45) is 5.11 Å². The van der Waals surface area contributed by atoms with Gasteiger partial charge in [-0.1, -0.05) is 36.4 Å². The van der Waals surface area contributed by atoms with Gasteiger partial charge < -0.3 is 9.64 Å². The van der Waals surface area contributed by atoms with Gasteiger partial charge in [0.2, 0.25) is 4.91 Å². The highest BCUT2D eigenvalue weighted by Gasteiger charge is 2.49. The first-order valence-electron chi connectivity index (χ1n) is 9.83. The standard InChI is InChI=1S/C21H23N4O6S/c1-32(28,29)31-19-17(23-24-22)14-25(20(26)15-8-4-2-5-9-15)18(19)12-13-30-21(27)16-10-6-3-7-11-16/h2-11,17-19,22H,12-14H2,1H3/q+1. The van der Waals surface area contributed by atoms with E-state index in [4.69, 9.17) is 14.5 Å². The summed E-state index contributed by atoms with van der Waals surface area (Å²) in [4.78, 5) is 29.8. The second-order valence-corrected chi connectivity index (χ2v) is 8.83. The van der Waals surface area contributed by atoms with Crippen LogP contribution in [0.2, 0.25) is 0 Å². The number of nitrogens with zero attached hydrogens (tertiary/aromatic N) is 3. The quantitative estimate of drug-likeness (QED) is 0.277. The number of carbonyl (C=O) groups excluding carboxylic acids is 2. The average molecular weight is 460 g/mol. The lowest BCUT2D eigenvalue weighted by atomic mass is 10.1. The number of esters is 1. The Morgan fingerprint density at radius 3 is 2.25 bits per heavy atom. The number of hydrogen-bond acceptors (Lipinski definition) is 8. The molecule has 168 valence electrons. The molecule has 0 aliphatic carbocycles. The monoisotopic (exact) mass is 459 g/mol. The van der Waals surface area contributed by atoms with Gasteiger partial charge in [0, 0.05) is 12.0 Å². The fourth-order valence-electron chi connectivity index (χ4n) is 3.61. The summed E-state index contributed by atoms with van der Waals surface area (Å²) in [5.41, 5.74) is 7.84. The maximum Gasteiger partial charge on any atom is 0.338 e. The molecule has 11 heteroatoms. The highest BCUT2D eigenvalue weighted by Crippen LogP contribution is 2.29. The van der Waals surface area contributed by atoms with Crippen molar-refractivity contribution in [2.75, 3.05) is 19.4 Å². The largest absolute Gasteiger partial charge is 0.462 e. The predicted molar refractivity (Wildman–Crippen MR) is 113 cm³/mol. The lowest BCUT2D eigenvalue weighted by Crippen LogP contribution is -2.42. The van der Waals surface area contributed by atoms with Gasteiger partial charge >= 0.3 is 5.97 Å². The second kappa shape index (κ2) is 10.3. The van der Waals surface area contributed by atoms with Gasteiger partial charge in [-0.2, -0.15) is 8.42 Å². The van der Waals surface area contributed by atoms with Gasteiger partial charge in [-0.3, -0.25) is 8.98 Å². The minimum Gasteiger partial charge on any atom is -0.462 e. The molecule has 1 N–H and O–H groups in total. The summed E-state index contributed by atoms with van der Waals surface area (Å²) in [5.74, 6) is -0.887. The Hall–Kier alpha value is -3.40. The lowest BCUT2D eigenvalue weighted by molar-refractivity contribution is 0.0413. The van der Waals surface area contributed by atoms with E-state index in [2.05, 4.69) is 10.0 Å². The molecule has 3 atom stereocenters. The Labute approximate surface area is 185 Å². The fraction of sp³-hybridized carbons (Fsp3) is 0.333. The van der Waals surface area contributed by atoms with E-state index in [-0.39, 0.29) is 25.5 Å². The molecule has 0 bridgehead atoms. The fourth-order valence-corrected chi connectivity index (χ4v) is 4.27. The van der Waals surface area contributed by atoms with Crippen LogP contribution in [0.1, 0.15) is 27.1 Å².